The zero-order chi connectivity index (χ0) is 16.2. The van der Waals surface area contributed by atoms with Gasteiger partial charge >= 0.3 is 5.76 Å². The highest BCUT2D eigenvalue weighted by molar-refractivity contribution is 5.95. The molecule has 3 N–H and O–H groups in total. The van der Waals surface area contributed by atoms with E-state index in [-0.39, 0.29) is 12.3 Å². The lowest BCUT2D eigenvalue weighted by molar-refractivity contribution is -0.121. The number of aromatic amines is 1. The SMILES string of the molecule is O=C(Cc1ccc2oc(=O)[nH]c2c1)NNC(=O)c1ccccc1. The quantitative estimate of drug-likeness (QED) is 0.631. The number of aromatic nitrogens is 1. The topological polar surface area (TPSA) is 104 Å². The zero-order valence-corrected chi connectivity index (χ0v) is 12.0. The van der Waals surface area contributed by atoms with Crippen molar-refractivity contribution in [3.05, 3.63) is 70.2 Å². The molecule has 0 spiro atoms. The predicted molar refractivity (Wildman–Crippen MR) is 82.6 cm³/mol. The Bertz CT molecular complexity index is 912. The molecule has 3 rings (SSSR count). The van der Waals surface area contributed by atoms with Crippen LogP contribution < -0.4 is 16.6 Å². The van der Waals surface area contributed by atoms with Crippen molar-refractivity contribution in [3.8, 4) is 0 Å². The average Bonchev–Trinajstić information content (AvgIpc) is 2.92. The number of hydrazine groups is 1. The Labute approximate surface area is 130 Å². The largest absolute Gasteiger partial charge is 0.417 e. The first-order chi connectivity index (χ1) is 11.1. The lowest BCUT2D eigenvalue weighted by Gasteiger charge is -2.07. The van der Waals surface area contributed by atoms with Gasteiger partial charge in [-0.25, -0.2) is 4.79 Å². The Morgan fingerprint density at radius 2 is 1.83 bits per heavy atom. The molecule has 0 radical (unpaired) electrons. The smallest absolute Gasteiger partial charge is 0.408 e. The number of hydrogen-bond donors (Lipinski definition) is 3. The third-order valence-corrected chi connectivity index (χ3v) is 3.20. The molecule has 3 aromatic rings. The second-order valence-electron chi connectivity index (χ2n) is 4.89. The molecular weight excluding hydrogens is 298 g/mol. The van der Waals surface area contributed by atoms with E-state index in [2.05, 4.69) is 15.8 Å². The zero-order valence-electron chi connectivity index (χ0n) is 12.0. The van der Waals surface area contributed by atoms with Gasteiger partial charge in [0.1, 0.15) is 0 Å². The van der Waals surface area contributed by atoms with Gasteiger partial charge in [0, 0.05) is 5.56 Å². The second-order valence-corrected chi connectivity index (χ2v) is 4.89. The summed E-state index contributed by atoms with van der Waals surface area (Å²) in [5.41, 5.74) is 6.77. The van der Waals surface area contributed by atoms with Gasteiger partial charge in [0.05, 0.1) is 11.9 Å². The van der Waals surface area contributed by atoms with Crippen molar-refractivity contribution in [1.29, 1.82) is 0 Å². The van der Waals surface area contributed by atoms with Crippen LogP contribution in [0.25, 0.3) is 11.1 Å². The minimum atomic E-state index is -0.545. The molecule has 0 aliphatic heterocycles. The molecule has 0 saturated carbocycles. The summed E-state index contributed by atoms with van der Waals surface area (Å²) in [4.78, 5) is 37.3. The van der Waals surface area contributed by atoms with Crippen molar-refractivity contribution in [1.82, 2.24) is 15.8 Å². The Morgan fingerprint density at radius 3 is 2.61 bits per heavy atom. The average molecular weight is 311 g/mol. The molecule has 23 heavy (non-hydrogen) atoms. The number of nitrogens with one attached hydrogen (secondary N) is 3. The molecule has 0 fully saturated rings. The second kappa shape index (κ2) is 6.18. The van der Waals surface area contributed by atoms with Crippen molar-refractivity contribution in [2.75, 3.05) is 0 Å². The van der Waals surface area contributed by atoms with Crippen LogP contribution in [0.4, 0.5) is 0 Å². The number of hydrogen-bond acceptors (Lipinski definition) is 4. The summed E-state index contributed by atoms with van der Waals surface area (Å²) in [5, 5.41) is 0. The van der Waals surface area contributed by atoms with E-state index in [1.54, 1.807) is 48.5 Å². The third kappa shape index (κ3) is 3.46. The van der Waals surface area contributed by atoms with Crippen molar-refractivity contribution in [2.45, 2.75) is 6.42 Å². The van der Waals surface area contributed by atoms with Crippen LogP contribution >= 0.6 is 0 Å². The molecule has 1 heterocycles. The number of H-pyrrole nitrogens is 1. The van der Waals surface area contributed by atoms with Crippen molar-refractivity contribution < 1.29 is 14.0 Å². The van der Waals surface area contributed by atoms with Crippen LogP contribution in [0.1, 0.15) is 15.9 Å². The summed E-state index contributed by atoms with van der Waals surface area (Å²) in [5.74, 6) is -1.32. The van der Waals surface area contributed by atoms with Crippen LogP contribution in [0.3, 0.4) is 0 Å². The van der Waals surface area contributed by atoms with E-state index < -0.39 is 11.7 Å². The monoisotopic (exact) mass is 311 g/mol. The molecule has 7 nitrogen and oxygen atoms in total. The molecule has 0 bridgehead atoms. The Morgan fingerprint density at radius 1 is 1.04 bits per heavy atom. The summed E-state index contributed by atoms with van der Waals surface area (Å²) in [6, 6.07) is 13.5. The number of carbonyl (C=O) groups excluding carboxylic acids is 2. The molecule has 2 aromatic carbocycles. The summed E-state index contributed by atoms with van der Waals surface area (Å²) in [6.45, 7) is 0. The number of oxazole rings is 1. The third-order valence-electron chi connectivity index (χ3n) is 3.20. The van der Waals surface area contributed by atoms with Gasteiger partial charge in [0.15, 0.2) is 5.58 Å². The number of amides is 2. The Balaban J connectivity index is 1.60. The molecular formula is C16H13N3O4. The van der Waals surface area contributed by atoms with E-state index in [0.717, 1.165) is 0 Å². The van der Waals surface area contributed by atoms with Gasteiger partial charge in [-0.15, -0.1) is 0 Å². The maximum atomic E-state index is 11.9. The molecule has 116 valence electrons. The van der Waals surface area contributed by atoms with E-state index in [1.165, 1.54) is 0 Å². The standard InChI is InChI=1S/C16H13N3O4/c20-14(18-19-15(21)11-4-2-1-3-5-11)9-10-6-7-13-12(8-10)17-16(22)23-13/h1-8H,9H2,(H,17,22)(H,18,20)(H,19,21). The minimum Gasteiger partial charge on any atom is -0.408 e. The van der Waals surface area contributed by atoms with Crippen LogP contribution in [0, 0.1) is 0 Å². The minimum absolute atomic E-state index is 0.0538. The van der Waals surface area contributed by atoms with E-state index >= 15 is 0 Å². The first-order valence-electron chi connectivity index (χ1n) is 6.88. The maximum absolute atomic E-state index is 11.9. The molecule has 0 aliphatic rings. The van der Waals surface area contributed by atoms with E-state index in [1.807, 2.05) is 0 Å². The van der Waals surface area contributed by atoms with Gasteiger partial charge in [-0.2, -0.15) is 0 Å². The van der Waals surface area contributed by atoms with Crippen molar-refractivity contribution >= 4 is 22.9 Å². The fourth-order valence-electron chi connectivity index (χ4n) is 2.13. The van der Waals surface area contributed by atoms with Crippen LogP contribution in [0.2, 0.25) is 0 Å². The number of rotatable bonds is 3. The number of carbonyl (C=O) groups is 2. The van der Waals surface area contributed by atoms with Crippen LogP contribution in [0.15, 0.2) is 57.7 Å². The number of benzene rings is 2. The van der Waals surface area contributed by atoms with Gasteiger partial charge in [0.2, 0.25) is 5.91 Å². The first-order valence-corrected chi connectivity index (χ1v) is 6.88. The highest BCUT2D eigenvalue weighted by Gasteiger charge is 2.09. The summed E-state index contributed by atoms with van der Waals surface area (Å²) in [7, 11) is 0. The van der Waals surface area contributed by atoms with Gasteiger partial charge in [0.25, 0.3) is 5.91 Å². The fourth-order valence-corrected chi connectivity index (χ4v) is 2.13. The van der Waals surface area contributed by atoms with E-state index in [4.69, 9.17) is 4.42 Å². The summed E-state index contributed by atoms with van der Waals surface area (Å²) in [6.07, 6.45) is 0.0538. The Hall–Kier alpha value is -3.35. The van der Waals surface area contributed by atoms with Crippen LogP contribution in [-0.2, 0) is 11.2 Å². The van der Waals surface area contributed by atoms with E-state index in [0.29, 0.717) is 22.2 Å². The summed E-state index contributed by atoms with van der Waals surface area (Å²) < 4.78 is 4.89. The van der Waals surface area contributed by atoms with Crippen molar-refractivity contribution in [3.63, 3.8) is 0 Å². The normalized spacial score (nSPS) is 10.4. The van der Waals surface area contributed by atoms with E-state index in [9.17, 15) is 14.4 Å². The lowest BCUT2D eigenvalue weighted by atomic mass is 10.1. The number of fused-ring (bicyclic) bond motifs is 1. The molecule has 2 amide bonds. The maximum Gasteiger partial charge on any atom is 0.417 e. The van der Waals surface area contributed by atoms with Gasteiger partial charge in [-0.05, 0) is 29.8 Å². The highest BCUT2D eigenvalue weighted by atomic mass is 16.4. The molecule has 0 atom stereocenters. The van der Waals surface area contributed by atoms with Gasteiger partial charge < -0.3 is 4.42 Å². The molecule has 0 aliphatic carbocycles. The molecule has 1 aromatic heterocycles. The predicted octanol–water partition coefficient (Wildman–Crippen LogP) is 1.12. The Kier molecular flexibility index (Phi) is 3.92. The molecule has 0 saturated heterocycles. The van der Waals surface area contributed by atoms with Gasteiger partial charge in [-0.3, -0.25) is 25.4 Å². The molecule has 0 unspecified atom stereocenters. The highest BCUT2D eigenvalue weighted by Crippen LogP contribution is 2.12. The first kappa shape index (κ1) is 14.6. The summed E-state index contributed by atoms with van der Waals surface area (Å²) >= 11 is 0. The lowest BCUT2D eigenvalue weighted by Crippen LogP contribution is -2.42. The van der Waals surface area contributed by atoms with Crippen LogP contribution in [-0.4, -0.2) is 16.8 Å². The molecule has 7 heteroatoms. The van der Waals surface area contributed by atoms with Gasteiger partial charge in [-0.1, -0.05) is 24.3 Å². The fraction of sp³-hybridized carbons (Fsp3) is 0.0625. The van der Waals surface area contributed by atoms with Crippen LogP contribution in [0.5, 0.6) is 0 Å². The van der Waals surface area contributed by atoms with Crippen molar-refractivity contribution in [2.24, 2.45) is 0 Å².